The highest BCUT2D eigenvalue weighted by Gasteiger charge is 2.41. The van der Waals surface area contributed by atoms with Gasteiger partial charge in [-0.1, -0.05) is 115 Å². The Balaban J connectivity index is 1.77. The van der Waals surface area contributed by atoms with Crippen molar-refractivity contribution in [1.29, 1.82) is 0 Å². The molecule has 0 bridgehead atoms. The number of hydrogen-bond donors (Lipinski definition) is 2. The standard InChI is InChI=1S/C26H21BN4O2/c32-27(33)24-18-10-11-20(19-24)25-28-30-31(29-25)26(21-12-4-1-5-13-21,22-14-6-2-7-15-22)23-16-8-3-9-17-23/h1-19,32-33H. The maximum atomic E-state index is 9.57. The fourth-order valence-electron chi connectivity index (χ4n) is 4.19. The van der Waals surface area contributed by atoms with Crippen molar-refractivity contribution in [2.24, 2.45) is 0 Å². The Bertz CT molecular complexity index is 1250. The predicted molar refractivity (Wildman–Crippen MR) is 128 cm³/mol. The lowest BCUT2D eigenvalue weighted by Crippen LogP contribution is -2.39. The van der Waals surface area contributed by atoms with E-state index in [1.54, 1.807) is 23.0 Å². The van der Waals surface area contributed by atoms with Gasteiger partial charge in [0.05, 0.1) is 0 Å². The normalized spacial score (nSPS) is 11.3. The largest absolute Gasteiger partial charge is 0.488 e. The van der Waals surface area contributed by atoms with Crippen LogP contribution in [0.5, 0.6) is 0 Å². The van der Waals surface area contributed by atoms with Gasteiger partial charge in [0, 0.05) is 5.56 Å². The molecule has 5 rings (SSSR count). The van der Waals surface area contributed by atoms with Crippen LogP contribution in [-0.2, 0) is 5.54 Å². The molecule has 0 amide bonds. The van der Waals surface area contributed by atoms with Crippen molar-refractivity contribution in [1.82, 2.24) is 20.2 Å². The lowest BCUT2D eigenvalue weighted by atomic mass is 9.77. The molecule has 160 valence electrons. The van der Waals surface area contributed by atoms with E-state index in [1.165, 1.54) is 0 Å². The van der Waals surface area contributed by atoms with E-state index in [0.29, 0.717) is 16.9 Å². The fraction of sp³-hybridized carbons (Fsp3) is 0.0385. The lowest BCUT2D eigenvalue weighted by molar-refractivity contribution is 0.396. The first kappa shape index (κ1) is 20.8. The molecule has 0 fully saturated rings. The summed E-state index contributed by atoms with van der Waals surface area (Å²) in [7, 11) is -1.57. The fourth-order valence-corrected chi connectivity index (χ4v) is 4.19. The van der Waals surface area contributed by atoms with E-state index < -0.39 is 12.7 Å². The van der Waals surface area contributed by atoms with Crippen LogP contribution < -0.4 is 5.46 Å². The van der Waals surface area contributed by atoms with Crippen molar-refractivity contribution in [2.75, 3.05) is 0 Å². The van der Waals surface area contributed by atoms with E-state index >= 15 is 0 Å². The molecular formula is C26H21BN4O2. The minimum Gasteiger partial charge on any atom is -0.423 e. The molecule has 33 heavy (non-hydrogen) atoms. The molecule has 0 spiro atoms. The zero-order chi connectivity index (χ0) is 22.7. The molecule has 1 aromatic heterocycles. The van der Waals surface area contributed by atoms with E-state index in [-0.39, 0.29) is 0 Å². The van der Waals surface area contributed by atoms with Gasteiger partial charge in [-0.15, -0.1) is 15.0 Å². The highest BCUT2D eigenvalue weighted by Crippen LogP contribution is 2.39. The number of benzene rings is 4. The van der Waals surface area contributed by atoms with Crippen molar-refractivity contribution < 1.29 is 10.0 Å². The number of aromatic nitrogens is 4. The SMILES string of the molecule is OB(O)c1cccc(-c2nnn(C(c3ccccc3)(c3ccccc3)c3ccccc3)n2)c1. The Morgan fingerprint density at radius 1 is 0.636 bits per heavy atom. The van der Waals surface area contributed by atoms with Crippen molar-refractivity contribution >= 4 is 12.6 Å². The van der Waals surface area contributed by atoms with Crippen LogP contribution in [-0.4, -0.2) is 37.4 Å². The summed E-state index contributed by atoms with van der Waals surface area (Å²) >= 11 is 0. The molecule has 4 aromatic carbocycles. The van der Waals surface area contributed by atoms with E-state index in [0.717, 1.165) is 16.7 Å². The van der Waals surface area contributed by atoms with Gasteiger partial charge < -0.3 is 10.0 Å². The van der Waals surface area contributed by atoms with Gasteiger partial charge in [-0.25, -0.2) is 0 Å². The molecule has 0 aliphatic carbocycles. The van der Waals surface area contributed by atoms with Crippen LogP contribution >= 0.6 is 0 Å². The first-order valence-corrected chi connectivity index (χ1v) is 10.6. The van der Waals surface area contributed by atoms with Crippen molar-refractivity contribution in [3.8, 4) is 11.4 Å². The van der Waals surface area contributed by atoms with Crippen molar-refractivity contribution in [2.45, 2.75) is 5.54 Å². The van der Waals surface area contributed by atoms with Gasteiger partial charge in [-0.2, -0.15) is 0 Å². The van der Waals surface area contributed by atoms with Crippen LogP contribution in [0.25, 0.3) is 11.4 Å². The lowest BCUT2D eigenvalue weighted by Gasteiger charge is -2.34. The summed E-state index contributed by atoms with van der Waals surface area (Å²) in [6.45, 7) is 0. The van der Waals surface area contributed by atoms with E-state index in [9.17, 15) is 10.0 Å². The third kappa shape index (κ3) is 3.73. The van der Waals surface area contributed by atoms with Gasteiger partial charge in [0.25, 0.3) is 0 Å². The number of tetrazole rings is 1. The van der Waals surface area contributed by atoms with Gasteiger partial charge in [-0.05, 0) is 27.4 Å². The van der Waals surface area contributed by atoms with Gasteiger partial charge in [-0.3, -0.25) is 0 Å². The Morgan fingerprint density at radius 2 is 1.15 bits per heavy atom. The summed E-state index contributed by atoms with van der Waals surface area (Å²) in [5.41, 5.74) is 3.13. The van der Waals surface area contributed by atoms with Gasteiger partial charge in [0.15, 0.2) is 5.54 Å². The minimum atomic E-state index is -1.57. The predicted octanol–water partition coefficient (Wildman–Crippen LogP) is 2.86. The molecular weight excluding hydrogens is 411 g/mol. The van der Waals surface area contributed by atoms with Gasteiger partial charge in [0.1, 0.15) is 0 Å². The summed E-state index contributed by atoms with van der Waals surface area (Å²) in [4.78, 5) is 1.64. The summed E-state index contributed by atoms with van der Waals surface area (Å²) in [6.07, 6.45) is 0. The summed E-state index contributed by atoms with van der Waals surface area (Å²) in [6, 6.07) is 37.2. The molecule has 6 nitrogen and oxygen atoms in total. The smallest absolute Gasteiger partial charge is 0.423 e. The monoisotopic (exact) mass is 432 g/mol. The zero-order valence-corrected chi connectivity index (χ0v) is 17.7. The molecule has 5 aromatic rings. The highest BCUT2D eigenvalue weighted by molar-refractivity contribution is 6.58. The second-order valence-corrected chi connectivity index (χ2v) is 7.71. The third-order valence-corrected chi connectivity index (χ3v) is 5.73. The van der Waals surface area contributed by atoms with Gasteiger partial charge in [0.2, 0.25) is 5.82 Å². The summed E-state index contributed by atoms with van der Waals surface area (Å²) in [5, 5.41) is 32.8. The molecule has 0 aliphatic rings. The van der Waals surface area contributed by atoms with Crippen LogP contribution in [0.4, 0.5) is 0 Å². The molecule has 7 heteroatoms. The minimum absolute atomic E-state index is 0.365. The van der Waals surface area contributed by atoms with E-state index in [2.05, 4.69) is 46.7 Å². The Kier molecular flexibility index (Phi) is 5.56. The van der Waals surface area contributed by atoms with Crippen molar-refractivity contribution in [3.63, 3.8) is 0 Å². The second kappa shape index (κ2) is 8.82. The Labute approximate surface area is 191 Å². The average Bonchev–Trinajstić information content (AvgIpc) is 3.37. The summed E-state index contributed by atoms with van der Waals surface area (Å²) in [5.74, 6) is 0.393. The van der Waals surface area contributed by atoms with Crippen LogP contribution in [0.2, 0.25) is 0 Å². The number of rotatable bonds is 6. The first-order chi connectivity index (χ1) is 16.2. The maximum absolute atomic E-state index is 9.57. The van der Waals surface area contributed by atoms with E-state index in [1.807, 2.05) is 60.7 Å². The molecule has 0 radical (unpaired) electrons. The van der Waals surface area contributed by atoms with E-state index in [4.69, 9.17) is 5.10 Å². The molecule has 0 saturated carbocycles. The van der Waals surface area contributed by atoms with Gasteiger partial charge >= 0.3 is 7.12 Å². The molecule has 0 aliphatic heterocycles. The molecule has 0 unspecified atom stereocenters. The average molecular weight is 432 g/mol. The molecule has 1 heterocycles. The molecule has 2 N–H and O–H groups in total. The zero-order valence-electron chi connectivity index (χ0n) is 17.7. The Hall–Kier alpha value is -4.07. The quantitative estimate of drug-likeness (QED) is 0.319. The second-order valence-electron chi connectivity index (χ2n) is 7.71. The third-order valence-electron chi connectivity index (χ3n) is 5.73. The van der Waals surface area contributed by atoms with Crippen molar-refractivity contribution in [3.05, 3.63) is 132 Å². The Morgan fingerprint density at radius 3 is 1.64 bits per heavy atom. The molecule has 0 saturated heterocycles. The topological polar surface area (TPSA) is 84.1 Å². The van der Waals surface area contributed by atoms with Crippen LogP contribution in [0.1, 0.15) is 16.7 Å². The van der Waals surface area contributed by atoms with Crippen LogP contribution in [0.3, 0.4) is 0 Å². The molecule has 0 atom stereocenters. The highest BCUT2D eigenvalue weighted by atomic mass is 16.4. The summed E-state index contributed by atoms with van der Waals surface area (Å²) < 4.78 is 0. The van der Waals surface area contributed by atoms with Crippen LogP contribution in [0, 0.1) is 0 Å². The number of hydrogen-bond acceptors (Lipinski definition) is 5. The maximum Gasteiger partial charge on any atom is 0.488 e. The number of nitrogens with zero attached hydrogens (tertiary/aromatic N) is 4. The van der Waals surface area contributed by atoms with Crippen LogP contribution in [0.15, 0.2) is 115 Å². The first-order valence-electron chi connectivity index (χ1n) is 10.6.